The van der Waals surface area contributed by atoms with Crippen molar-refractivity contribution in [2.75, 3.05) is 13.2 Å². The number of unbranched alkanes of at least 4 members (excludes halogenated alkanes) is 27. The number of hydrogen-bond donors (Lipinski definition) is 0. The third-order valence-electron chi connectivity index (χ3n) is 11.3. The summed E-state index contributed by atoms with van der Waals surface area (Å²) in [5.74, 6) is -0.949. The molecule has 0 aliphatic rings. The maximum atomic E-state index is 12.8. The van der Waals surface area contributed by atoms with Gasteiger partial charge in [-0.05, 0) is 89.9 Å². The maximum absolute atomic E-state index is 12.8. The van der Waals surface area contributed by atoms with Crippen LogP contribution >= 0.6 is 0 Å². The molecule has 0 spiro atoms. The lowest BCUT2D eigenvalue weighted by Gasteiger charge is -2.18. The minimum Gasteiger partial charge on any atom is -0.462 e. The predicted octanol–water partition coefficient (Wildman–Crippen LogP) is 17.4. The van der Waals surface area contributed by atoms with Gasteiger partial charge in [0.15, 0.2) is 6.10 Å². The van der Waals surface area contributed by atoms with E-state index in [1.165, 1.54) is 122 Å². The van der Waals surface area contributed by atoms with Gasteiger partial charge in [0.05, 0.1) is 0 Å². The SMILES string of the molecule is CC/C=C/C=C/C=C/C=C/CCCCCC(=O)OCC(COC(=O)CCCCCCC/C=C/CCCCCCCCC)OC(=O)CCCCCCC/C=C/CCCCCCCCC. The first-order valence-electron chi connectivity index (χ1n) is 26.5. The molecule has 0 aromatic heterocycles. The van der Waals surface area contributed by atoms with Crippen molar-refractivity contribution >= 4 is 17.9 Å². The summed E-state index contributed by atoms with van der Waals surface area (Å²) in [6.07, 6.45) is 64.6. The summed E-state index contributed by atoms with van der Waals surface area (Å²) in [5, 5.41) is 0. The second kappa shape index (κ2) is 51.5. The highest BCUT2D eigenvalue weighted by Crippen LogP contribution is 2.14. The van der Waals surface area contributed by atoms with E-state index in [4.69, 9.17) is 14.2 Å². The fourth-order valence-electron chi connectivity index (χ4n) is 7.27. The van der Waals surface area contributed by atoms with Gasteiger partial charge >= 0.3 is 17.9 Å². The van der Waals surface area contributed by atoms with Crippen LogP contribution in [0, 0.1) is 0 Å². The van der Waals surface area contributed by atoms with Crippen LogP contribution in [-0.4, -0.2) is 37.2 Å². The molecule has 0 N–H and O–H groups in total. The van der Waals surface area contributed by atoms with E-state index in [0.717, 1.165) is 89.9 Å². The van der Waals surface area contributed by atoms with Crippen LogP contribution in [0.4, 0.5) is 0 Å². The second-order valence-electron chi connectivity index (χ2n) is 17.5. The van der Waals surface area contributed by atoms with E-state index in [-0.39, 0.29) is 31.1 Å². The summed E-state index contributed by atoms with van der Waals surface area (Å²) in [5.41, 5.74) is 0. The van der Waals surface area contributed by atoms with Crippen molar-refractivity contribution in [3.63, 3.8) is 0 Å². The lowest BCUT2D eigenvalue weighted by atomic mass is 10.1. The smallest absolute Gasteiger partial charge is 0.306 e. The Bertz CT molecular complexity index is 1190. The molecule has 6 heteroatoms. The summed E-state index contributed by atoms with van der Waals surface area (Å²) < 4.78 is 16.8. The highest BCUT2D eigenvalue weighted by Gasteiger charge is 2.19. The largest absolute Gasteiger partial charge is 0.462 e. The molecule has 0 aliphatic heterocycles. The zero-order chi connectivity index (χ0) is 45.8. The van der Waals surface area contributed by atoms with Crippen LogP contribution in [0.5, 0.6) is 0 Å². The molecule has 0 bridgehead atoms. The number of esters is 3. The molecule has 0 aromatic carbocycles. The average Bonchev–Trinajstić information content (AvgIpc) is 3.28. The zero-order valence-electron chi connectivity index (χ0n) is 41.3. The molecule has 1 atom stereocenters. The van der Waals surface area contributed by atoms with Gasteiger partial charge in [-0.15, -0.1) is 0 Å². The molecule has 362 valence electrons. The minimum atomic E-state index is -0.798. The highest BCUT2D eigenvalue weighted by atomic mass is 16.6. The van der Waals surface area contributed by atoms with Crippen LogP contribution in [0.3, 0.4) is 0 Å². The van der Waals surface area contributed by atoms with Gasteiger partial charge in [-0.2, -0.15) is 0 Å². The first-order chi connectivity index (χ1) is 31.0. The van der Waals surface area contributed by atoms with Gasteiger partial charge in [0.1, 0.15) is 13.2 Å². The molecular formula is C57H98O6. The maximum Gasteiger partial charge on any atom is 0.306 e. The van der Waals surface area contributed by atoms with Crippen LogP contribution < -0.4 is 0 Å². The lowest BCUT2D eigenvalue weighted by molar-refractivity contribution is -0.167. The van der Waals surface area contributed by atoms with E-state index < -0.39 is 6.10 Å². The summed E-state index contributed by atoms with van der Waals surface area (Å²) in [4.78, 5) is 38.0. The molecule has 0 saturated heterocycles. The Balaban J connectivity index is 4.45. The number of hydrogen-bond acceptors (Lipinski definition) is 6. The van der Waals surface area contributed by atoms with Gasteiger partial charge in [0, 0.05) is 19.3 Å². The number of carbonyl (C=O) groups is 3. The monoisotopic (exact) mass is 879 g/mol. The molecule has 0 heterocycles. The van der Waals surface area contributed by atoms with Gasteiger partial charge < -0.3 is 14.2 Å². The zero-order valence-corrected chi connectivity index (χ0v) is 41.3. The Kier molecular flexibility index (Phi) is 48.9. The summed E-state index contributed by atoms with van der Waals surface area (Å²) in [6, 6.07) is 0. The minimum absolute atomic E-state index is 0.0957. The Hall–Kier alpha value is -3.15. The standard InChI is InChI=1S/C57H98O6/c1-4-7-10-13-16-19-22-25-27-29-32-35-38-41-44-47-50-56(59)62-53-54(52-61-55(58)49-46-43-40-37-34-31-24-21-18-15-12-9-6-3)63-57(60)51-48-45-42-39-36-33-30-28-26-23-20-17-14-11-8-5-2/h9,12,15,18,21,24,27-31,34,54H,4-8,10-11,13-14,16-17,19-20,22-23,25-26,32-33,35-53H2,1-3H3/b12-9+,18-15+,24-21+,29-27+,30-28+,34-31+. The van der Waals surface area contributed by atoms with Crippen LogP contribution in [0.25, 0.3) is 0 Å². The van der Waals surface area contributed by atoms with Crippen molar-refractivity contribution in [2.24, 2.45) is 0 Å². The number of allylic oxidation sites excluding steroid dienone is 12. The molecule has 0 saturated carbocycles. The number of ether oxygens (including phenoxy) is 3. The highest BCUT2D eigenvalue weighted by molar-refractivity contribution is 5.71. The first-order valence-corrected chi connectivity index (χ1v) is 26.5. The van der Waals surface area contributed by atoms with Crippen LogP contribution in [-0.2, 0) is 28.6 Å². The number of carbonyl (C=O) groups excluding carboxylic acids is 3. The number of rotatable bonds is 47. The Labute approximate surface area is 389 Å². The van der Waals surface area contributed by atoms with Crippen molar-refractivity contribution in [1.29, 1.82) is 0 Å². The van der Waals surface area contributed by atoms with Crippen molar-refractivity contribution in [2.45, 2.75) is 258 Å². The van der Waals surface area contributed by atoms with Gasteiger partial charge in [0.25, 0.3) is 0 Å². The van der Waals surface area contributed by atoms with Crippen molar-refractivity contribution < 1.29 is 28.6 Å². The third-order valence-corrected chi connectivity index (χ3v) is 11.3. The summed E-state index contributed by atoms with van der Waals surface area (Å²) in [7, 11) is 0. The predicted molar refractivity (Wildman–Crippen MR) is 270 cm³/mol. The molecule has 0 amide bonds. The fraction of sp³-hybridized carbons (Fsp3) is 0.737. The molecule has 0 aromatic rings. The Morgan fingerprint density at radius 3 is 1.03 bits per heavy atom. The molecule has 63 heavy (non-hydrogen) atoms. The van der Waals surface area contributed by atoms with Gasteiger partial charge in [0.2, 0.25) is 0 Å². The average molecular weight is 879 g/mol. The molecule has 6 nitrogen and oxygen atoms in total. The van der Waals surface area contributed by atoms with E-state index in [1.54, 1.807) is 0 Å². The van der Waals surface area contributed by atoms with E-state index >= 15 is 0 Å². The van der Waals surface area contributed by atoms with Gasteiger partial charge in [-0.3, -0.25) is 14.4 Å². The van der Waals surface area contributed by atoms with E-state index in [1.807, 2.05) is 36.5 Å². The molecule has 0 rings (SSSR count). The normalized spacial score (nSPS) is 12.6. The Morgan fingerprint density at radius 1 is 0.333 bits per heavy atom. The molecule has 0 fully saturated rings. The lowest BCUT2D eigenvalue weighted by Crippen LogP contribution is -2.30. The van der Waals surface area contributed by atoms with E-state index in [9.17, 15) is 14.4 Å². The topological polar surface area (TPSA) is 78.9 Å². The van der Waals surface area contributed by atoms with Gasteiger partial charge in [-0.25, -0.2) is 0 Å². The molecule has 0 aliphatic carbocycles. The van der Waals surface area contributed by atoms with Crippen molar-refractivity contribution in [1.82, 2.24) is 0 Å². The molecule has 1 unspecified atom stereocenters. The molecule has 0 radical (unpaired) electrons. The van der Waals surface area contributed by atoms with Crippen LogP contribution in [0.2, 0.25) is 0 Å². The van der Waals surface area contributed by atoms with Crippen molar-refractivity contribution in [3.05, 3.63) is 72.9 Å². The third kappa shape index (κ3) is 49.7. The summed E-state index contributed by atoms with van der Waals surface area (Å²) in [6.45, 7) is 6.45. The quantitative estimate of drug-likeness (QED) is 0.0199. The van der Waals surface area contributed by atoms with Crippen LogP contribution in [0.1, 0.15) is 252 Å². The van der Waals surface area contributed by atoms with Gasteiger partial charge in [-0.1, -0.05) is 216 Å². The first kappa shape index (κ1) is 59.9. The Morgan fingerprint density at radius 2 is 0.635 bits per heavy atom. The second-order valence-corrected chi connectivity index (χ2v) is 17.5. The fourth-order valence-corrected chi connectivity index (χ4v) is 7.27. The van der Waals surface area contributed by atoms with Crippen molar-refractivity contribution in [3.8, 4) is 0 Å². The summed E-state index contributed by atoms with van der Waals surface area (Å²) >= 11 is 0. The van der Waals surface area contributed by atoms with E-state index in [0.29, 0.717) is 19.3 Å². The van der Waals surface area contributed by atoms with Crippen LogP contribution in [0.15, 0.2) is 72.9 Å². The van der Waals surface area contributed by atoms with E-state index in [2.05, 4.69) is 57.2 Å². The molecular weight excluding hydrogens is 781 g/mol.